The Morgan fingerprint density at radius 2 is 1.38 bits per heavy atom. The molecular weight excluding hydrogens is 416 g/mol. The predicted molar refractivity (Wildman–Crippen MR) is 140 cm³/mol. The van der Waals surface area contributed by atoms with Crippen LogP contribution in [-0.4, -0.2) is 11.4 Å². The zero-order valence-corrected chi connectivity index (χ0v) is 18.9. The Morgan fingerprint density at radius 1 is 0.765 bits per heavy atom. The van der Waals surface area contributed by atoms with Gasteiger partial charge in [-0.25, -0.2) is 0 Å². The Bertz CT molecular complexity index is 1520. The molecule has 2 atom stereocenters. The molecule has 1 saturated carbocycles. The predicted octanol–water partition coefficient (Wildman–Crippen LogP) is 6.67. The smallest absolute Gasteiger partial charge is 0.255 e. The van der Waals surface area contributed by atoms with E-state index in [2.05, 4.69) is 59.9 Å². The fraction of sp³-hybridized carbons (Fsp3) is 0.129. The molecule has 5 aromatic rings. The number of anilines is 1. The number of nitrogens with one attached hydrogen (secondary N) is 1. The maximum Gasteiger partial charge on any atom is 0.255 e. The van der Waals surface area contributed by atoms with E-state index < -0.39 is 0 Å². The van der Waals surface area contributed by atoms with Crippen molar-refractivity contribution in [1.82, 2.24) is 0 Å². The van der Waals surface area contributed by atoms with Crippen LogP contribution < -0.4 is 11.1 Å². The van der Waals surface area contributed by atoms with Crippen LogP contribution in [0.15, 0.2) is 109 Å². The van der Waals surface area contributed by atoms with Gasteiger partial charge in [0.15, 0.2) is 0 Å². The van der Waals surface area contributed by atoms with E-state index in [1.54, 1.807) is 0 Å². The van der Waals surface area contributed by atoms with Crippen LogP contribution in [0.25, 0.3) is 21.5 Å². The normalized spacial score (nSPS) is 19.3. The zero-order valence-electron chi connectivity index (χ0n) is 18.9. The molecule has 0 aromatic heterocycles. The van der Waals surface area contributed by atoms with Crippen molar-refractivity contribution in [1.29, 1.82) is 0 Å². The zero-order chi connectivity index (χ0) is 23.1. The molecule has 1 aliphatic carbocycles. The lowest BCUT2D eigenvalue weighted by Crippen LogP contribution is -2.27. The third-order valence-corrected chi connectivity index (χ3v) is 7.05. The molecule has 3 N–H and O–H groups in total. The highest BCUT2D eigenvalue weighted by atomic mass is 16.1. The average molecular weight is 443 g/mol. The van der Waals surface area contributed by atoms with Crippen LogP contribution >= 0.6 is 0 Å². The summed E-state index contributed by atoms with van der Waals surface area (Å²) in [5.74, 6) is 0.235. The molecule has 2 unspecified atom stereocenters. The van der Waals surface area contributed by atoms with Crippen LogP contribution in [0.2, 0.25) is 0 Å². The quantitative estimate of drug-likeness (QED) is 0.319. The second-order valence-corrected chi connectivity index (χ2v) is 9.49. The van der Waals surface area contributed by atoms with Crippen molar-refractivity contribution in [3.63, 3.8) is 0 Å². The first-order chi connectivity index (χ1) is 16.6. The van der Waals surface area contributed by atoms with E-state index in [0.29, 0.717) is 11.5 Å². The summed E-state index contributed by atoms with van der Waals surface area (Å²) in [6.45, 7) is 0. The number of amides is 1. The molecule has 5 aromatic carbocycles. The molecule has 3 heteroatoms. The molecule has 0 bridgehead atoms. The van der Waals surface area contributed by atoms with Gasteiger partial charge >= 0.3 is 0 Å². The molecule has 1 amide bonds. The number of hydrogen-bond acceptors (Lipinski definition) is 2. The highest BCUT2D eigenvalue weighted by Gasteiger charge is 2.51. The topological polar surface area (TPSA) is 55.1 Å². The van der Waals surface area contributed by atoms with E-state index in [1.807, 2.05) is 54.6 Å². The Kier molecular flexibility index (Phi) is 4.93. The molecule has 166 valence electrons. The molecule has 0 saturated heterocycles. The van der Waals surface area contributed by atoms with Crippen molar-refractivity contribution in [2.75, 3.05) is 5.32 Å². The van der Waals surface area contributed by atoms with Crippen LogP contribution in [-0.2, 0) is 6.42 Å². The van der Waals surface area contributed by atoms with E-state index >= 15 is 0 Å². The van der Waals surface area contributed by atoms with Crippen LogP contribution in [0, 0.1) is 0 Å². The van der Waals surface area contributed by atoms with Crippen LogP contribution in [0.4, 0.5) is 5.69 Å². The molecule has 0 heterocycles. The summed E-state index contributed by atoms with van der Waals surface area (Å²) in [5.41, 5.74) is 10.5. The minimum Gasteiger partial charge on any atom is -0.324 e. The standard InChI is InChI=1S/C31H26N2O/c32-31(19-21-9-10-22-5-1-3-7-25(22)17-21)20-29(31)24-13-15-28(16-14-24)33-30(34)27-12-11-23-6-2-4-8-26(23)18-27/h1-18,29H,19-20,32H2,(H,33,34). The van der Waals surface area contributed by atoms with Crippen molar-refractivity contribution < 1.29 is 4.79 Å². The van der Waals surface area contributed by atoms with Gasteiger partial charge in [0.25, 0.3) is 5.91 Å². The van der Waals surface area contributed by atoms with Crippen molar-refractivity contribution in [2.45, 2.75) is 24.3 Å². The molecule has 3 nitrogen and oxygen atoms in total. The second kappa shape index (κ2) is 8.12. The van der Waals surface area contributed by atoms with Gasteiger partial charge in [-0.3, -0.25) is 4.79 Å². The summed E-state index contributed by atoms with van der Waals surface area (Å²) >= 11 is 0. The van der Waals surface area contributed by atoms with Gasteiger partial charge < -0.3 is 11.1 Å². The highest BCUT2D eigenvalue weighted by Crippen LogP contribution is 2.51. The lowest BCUT2D eigenvalue weighted by Gasteiger charge is -2.13. The summed E-state index contributed by atoms with van der Waals surface area (Å²) in [5, 5.41) is 7.72. The minimum atomic E-state index is -0.210. The van der Waals surface area contributed by atoms with E-state index in [-0.39, 0.29) is 11.4 Å². The highest BCUT2D eigenvalue weighted by molar-refractivity contribution is 6.06. The molecule has 0 radical (unpaired) electrons. The van der Waals surface area contributed by atoms with Crippen LogP contribution in [0.5, 0.6) is 0 Å². The van der Waals surface area contributed by atoms with Gasteiger partial charge in [-0.1, -0.05) is 84.9 Å². The Morgan fingerprint density at radius 3 is 2.09 bits per heavy atom. The van der Waals surface area contributed by atoms with Gasteiger partial charge in [0.2, 0.25) is 0 Å². The van der Waals surface area contributed by atoms with Gasteiger partial charge in [-0.2, -0.15) is 0 Å². The number of hydrogen-bond donors (Lipinski definition) is 2. The van der Waals surface area contributed by atoms with Crippen molar-refractivity contribution in [2.24, 2.45) is 5.73 Å². The first-order valence-electron chi connectivity index (χ1n) is 11.7. The molecule has 1 fully saturated rings. The monoisotopic (exact) mass is 442 g/mol. The first kappa shape index (κ1) is 20.6. The SMILES string of the molecule is NC1(Cc2ccc3ccccc3c2)CC1c1ccc(NC(=O)c2ccc3ccccc3c2)cc1. The van der Waals surface area contributed by atoms with Crippen LogP contribution in [0.3, 0.4) is 0 Å². The summed E-state index contributed by atoms with van der Waals surface area (Å²) in [6.07, 6.45) is 1.84. The molecule has 0 aliphatic heterocycles. The maximum atomic E-state index is 12.8. The molecule has 0 spiro atoms. The molecular formula is C31H26N2O. The van der Waals surface area contributed by atoms with E-state index in [9.17, 15) is 4.79 Å². The lowest BCUT2D eigenvalue weighted by molar-refractivity contribution is 0.102. The second-order valence-electron chi connectivity index (χ2n) is 9.49. The van der Waals surface area contributed by atoms with Crippen molar-refractivity contribution in [3.8, 4) is 0 Å². The average Bonchev–Trinajstić information content (AvgIpc) is 3.54. The fourth-order valence-corrected chi connectivity index (χ4v) is 5.03. The van der Waals surface area contributed by atoms with Crippen molar-refractivity contribution in [3.05, 3.63) is 126 Å². The van der Waals surface area contributed by atoms with Crippen molar-refractivity contribution >= 4 is 33.1 Å². The number of rotatable bonds is 5. The Labute approximate surface area is 199 Å². The molecule has 6 rings (SSSR count). The lowest BCUT2D eigenvalue weighted by atomic mass is 9.97. The minimum absolute atomic E-state index is 0.102. The molecule has 1 aliphatic rings. The third kappa shape index (κ3) is 3.95. The van der Waals surface area contributed by atoms with E-state index in [4.69, 9.17) is 5.73 Å². The summed E-state index contributed by atoms with van der Waals surface area (Å²) in [4.78, 5) is 12.8. The number of carbonyl (C=O) groups is 1. The van der Waals surface area contributed by atoms with Gasteiger partial charge in [0, 0.05) is 22.7 Å². The maximum absolute atomic E-state index is 12.8. The largest absolute Gasteiger partial charge is 0.324 e. The van der Waals surface area contributed by atoms with Gasteiger partial charge in [-0.05, 0) is 69.8 Å². The summed E-state index contributed by atoms with van der Waals surface area (Å²) in [6, 6.07) is 37.0. The number of fused-ring (bicyclic) bond motifs is 2. The fourth-order valence-electron chi connectivity index (χ4n) is 5.03. The number of carbonyl (C=O) groups excluding carboxylic acids is 1. The van der Waals surface area contributed by atoms with Crippen LogP contribution in [0.1, 0.15) is 33.8 Å². The third-order valence-electron chi connectivity index (χ3n) is 7.05. The van der Waals surface area contributed by atoms with Gasteiger partial charge in [0.1, 0.15) is 0 Å². The Balaban J connectivity index is 1.13. The first-order valence-corrected chi connectivity index (χ1v) is 11.7. The number of nitrogens with two attached hydrogens (primary N) is 1. The summed E-state index contributed by atoms with van der Waals surface area (Å²) in [7, 11) is 0. The molecule has 34 heavy (non-hydrogen) atoms. The van der Waals surface area contributed by atoms with E-state index in [1.165, 1.54) is 21.9 Å². The van der Waals surface area contributed by atoms with E-state index in [0.717, 1.165) is 29.3 Å². The summed E-state index contributed by atoms with van der Waals surface area (Å²) < 4.78 is 0. The van der Waals surface area contributed by atoms with Gasteiger partial charge in [-0.15, -0.1) is 0 Å². The number of benzene rings is 5. The Hall–Kier alpha value is -3.95. The van der Waals surface area contributed by atoms with Gasteiger partial charge in [0.05, 0.1) is 0 Å².